The van der Waals surface area contributed by atoms with Gasteiger partial charge in [-0.3, -0.25) is 16.1 Å². The Morgan fingerprint density at radius 3 is 2.34 bits per heavy atom. The molecule has 2 heterocycles. The minimum absolute atomic E-state index is 0.186. The van der Waals surface area contributed by atoms with E-state index >= 15 is 0 Å². The van der Waals surface area contributed by atoms with E-state index in [1.165, 1.54) is 11.1 Å². The summed E-state index contributed by atoms with van der Waals surface area (Å²) in [6.07, 6.45) is 1.76. The van der Waals surface area contributed by atoms with Gasteiger partial charge in [-0.1, -0.05) is 36.4 Å². The van der Waals surface area contributed by atoms with Crippen LogP contribution in [0.25, 0.3) is 22.2 Å². The number of aromatic nitrogens is 3. The Hall–Kier alpha value is -3.95. The Kier molecular flexibility index (Phi) is 5.06. The van der Waals surface area contributed by atoms with Crippen molar-refractivity contribution < 1.29 is 4.79 Å². The van der Waals surface area contributed by atoms with Gasteiger partial charge in [0.05, 0.1) is 16.6 Å². The van der Waals surface area contributed by atoms with Crippen LogP contribution in [-0.2, 0) is 0 Å². The van der Waals surface area contributed by atoms with Crippen LogP contribution >= 0.6 is 0 Å². The lowest BCUT2D eigenvalue weighted by Gasteiger charge is -2.12. The molecule has 1 amide bonds. The van der Waals surface area contributed by atoms with Crippen molar-refractivity contribution in [1.82, 2.24) is 25.8 Å². The summed E-state index contributed by atoms with van der Waals surface area (Å²) in [6, 6.07) is 17.5. The highest BCUT2D eigenvalue weighted by molar-refractivity contribution is 6.01. The van der Waals surface area contributed by atoms with Gasteiger partial charge in [-0.15, -0.1) is 0 Å². The average Bonchev–Trinajstić information content (AvgIpc) is 3.20. The second kappa shape index (κ2) is 7.97. The van der Waals surface area contributed by atoms with E-state index in [0.29, 0.717) is 28.7 Å². The maximum Gasteiger partial charge on any atom is 0.253 e. The quantitative estimate of drug-likeness (QED) is 0.201. The summed E-state index contributed by atoms with van der Waals surface area (Å²) < 4.78 is 0. The van der Waals surface area contributed by atoms with Gasteiger partial charge in [-0.2, -0.15) is 15.5 Å². The fraction of sp³-hybridized carbons (Fsp3) is 0.0500. The van der Waals surface area contributed by atoms with E-state index in [9.17, 15) is 4.79 Å². The zero-order chi connectivity index (χ0) is 20.2. The lowest BCUT2D eigenvalue weighted by Crippen LogP contribution is -2.29. The second-order valence-electron chi connectivity index (χ2n) is 6.23. The highest BCUT2D eigenvalue weighted by Gasteiger charge is 2.13. The van der Waals surface area contributed by atoms with Gasteiger partial charge in [0.1, 0.15) is 11.5 Å². The molecule has 9 heteroatoms. The molecule has 0 saturated carbocycles. The van der Waals surface area contributed by atoms with Gasteiger partial charge in [-0.05, 0) is 29.3 Å². The predicted molar refractivity (Wildman–Crippen MR) is 113 cm³/mol. The summed E-state index contributed by atoms with van der Waals surface area (Å²) in [5, 5.41) is 6.58. The van der Waals surface area contributed by atoms with Gasteiger partial charge in [0, 0.05) is 13.2 Å². The number of nitrogens with two attached hydrogens (primary N) is 1. The number of benzene rings is 2. The second-order valence-corrected chi connectivity index (χ2v) is 6.23. The molecule has 0 fully saturated rings. The number of aromatic amines is 1. The number of carbonyl (C=O) groups is 1. The fourth-order valence-corrected chi connectivity index (χ4v) is 2.87. The van der Waals surface area contributed by atoms with Crippen molar-refractivity contribution in [1.29, 1.82) is 0 Å². The van der Waals surface area contributed by atoms with Crippen LogP contribution in [-0.4, -0.2) is 27.9 Å². The Morgan fingerprint density at radius 1 is 1.00 bits per heavy atom. The number of fused-ring (bicyclic) bond motifs is 2. The van der Waals surface area contributed by atoms with Crippen molar-refractivity contribution in [2.24, 2.45) is 5.84 Å². The molecule has 146 valence electrons. The smallest absolute Gasteiger partial charge is 0.253 e. The molecule has 7 N–H and O–H groups in total. The molecular formula is C20H20N8O. The highest BCUT2D eigenvalue weighted by Crippen LogP contribution is 2.29. The van der Waals surface area contributed by atoms with Crippen LogP contribution in [0.4, 0.5) is 17.5 Å². The summed E-state index contributed by atoms with van der Waals surface area (Å²) in [4.78, 5) is 23.6. The molecule has 0 unspecified atom stereocenters. The Morgan fingerprint density at radius 2 is 1.72 bits per heavy atom. The van der Waals surface area contributed by atoms with E-state index in [-0.39, 0.29) is 5.91 Å². The summed E-state index contributed by atoms with van der Waals surface area (Å²) in [5.41, 5.74) is 9.56. The monoisotopic (exact) mass is 388 g/mol. The molecule has 0 saturated heterocycles. The van der Waals surface area contributed by atoms with Crippen LogP contribution in [0, 0.1) is 0 Å². The number of para-hydroxylation sites is 1. The number of anilines is 3. The van der Waals surface area contributed by atoms with Crippen LogP contribution < -0.4 is 27.4 Å². The molecule has 0 aliphatic heterocycles. The molecule has 29 heavy (non-hydrogen) atoms. The average molecular weight is 388 g/mol. The van der Waals surface area contributed by atoms with E-state index in [0.717, 1.165) is 5.39 Å². The maximum absolute atomic E-state index is 12.0. The Bertz CT molecular complexity index is 1130. The van der Waals surface area contributed by atoms with E-state index in [2.05, 4.69) is 60.8 Å². The molecule has 1 aromatic carbocycles. The van der Waals surface area contributed by atoms with Gasteiger partial charge >= 0.3 is 0 Å². The summed E-state index contributed by atoms with van der Waals surface area (Å²) in [5.74, 6) is 5.89. The van der Waals surface area contributed by atoms with Crippen LogP contribution in [0.2, 0.25) is 0 Å². The molecule has 5 rings (SSSR count). The summed E-state index contributed by atoms with van der Waals surface area (Å²) in [6.45, 7) is 0. The number of amides is 1. The van der Waals surface area contributed by atoms with Gasteiger partial charge in [0.2, 0.25) is 5.95 Å². The van der Waals surface area contributed by atoms with Gasteiger partial charge in [-0.25, -0.2) is 0 Å². The SMILES string of the molecule is CNC(=O)c1ccccc1Nc1nc(NNN)nc2[nH]ccc12.c1cc2ccc1-2. The third kappa shape index (κ3) is 3.72. The molecule has 9 nitrogen and oxygen atoms in total. The lowest BCUT2D eigenvalue weighted by atomic mass is 9.95. The molecule has 2 aromatic heterocycles. The topological polar surface area (TPSA) is 133 Å². The van der Waals surface area contributed by atoms with Gasteiger partial charge in [0.15, 0.2) is 0 Å². The minimum Gasteiger partial charge on any atom is -0.355 e. The molecule has 0 atom stereocenters. The highest BCUT2D eigenvalue weighted by atomic mass is 16.1. The predicted octanol–water partition coefficient (Wildman–Crippen LogP) is 2.52. The van der Waals surface area contributed by atoms with Crippen LogP contribution in [0.3, 0.4) is 0 Å². The number of nitrogens with one attached hydrogen (secondary N) is 5. The molecule has 3 aromatic rings. The maximum atomic E-state index is 12.0. The van der Waals surface area contributed by atoms with Crippen molar-refractivity contribution in [3.63, 3.8) is 0 Å². The normalized spacial score (nSPS) is 10.7. The van der Waals surface area contributed by atoms with E-state index in [4.69, 9.17) is 5.84 Å². The number of nitrogens with zero attached hydrogens (tertiary/aromatic N) is 2. The number of hydrazine groups is 2. The number of carbonyl (C=O) groups excluding carboxylic acids is 1. The van der Waals surface area contributed by atoms with E-state index in [1.807, 2.05) is 12.1 Å². The molecule has 2 aliphatic carbocycles. The largest absolute Gasteiger partial charge is 0.355 e. The van der Waals surface area contributed by atoms with Crippen LogP contribution in [0.5, 0.6) is 0 Å². The first-order valence-corrected chi connectivity index (χ1v) is 8.95. The van der Waals surface area contributed by atoms with E-state index in [1.54, 1.807) is 31.4 Å². The van der Waals surface area contributed by atoms with E-state index < -0.39 is 0 Å². The lowest BCUT2D eigenvalue weighted by molar-refractivity contribution is 0.0964. The van der Waals surface area contributed by atoms with Crippen LogP contribution in [0.15, 0.2) is 60.8 Å². The van der Waals surface area contributed by atoms with Crippen molar-refractivity contribution in [2.75, 3.05) is 17.8 Å². The van der Waals surface area contributed by atoms with Crippen molar-refractivity contribution in [3.8, 4) is 11.1 Å². The first-order valence-electron chi connectivity index (χ1n) is 8.95. The summed E-state index contributed by atoms with van der Waals surface area (Å²) >= 11 is 0. The molecule has 0 radical (unpaired) electrons. The third-order valence-corrected chi connectivity index (χ3v) is 4.47. The summed E-state index contributed by atoms with van der Waals surface area (Å²) in [7, 11) is 1.59. The third-order valence-electron chi connectivity index (χ3n) is 4.47. The Balaban J connectivity index is 0.000000286. The first kappa shape index (κ1) is 18.4. The first-order chi connectivity index (χ1) is 14.2. The van der Waals surface area contributed by atoms with Crippen molar-refractivity contribution in [3.05, 3.63) is 66.4 Å². The van der Waals surface area contributed by atoms with Crippen molar-refractivity contribution in [2.45, 2.75) is 0 Å². The molecule has 2 aliphatic rings. The molecule has 0 bridgehead atoms. The number of hydrogen-bond donors (Lipinski definition) is 6. The Labute approximate surface area is 166 Å². The number of H-pyrrole nitrogens is 1. The zero-order valence-electron chi connectivity index (χ0n) is 15.7. The van der Waals surface area contributed by atoms with Crippen molar-refractivity contribution >= 4 is 34.4 Å². The van der Waals surface area contributed by atoms with Crippen LogP contribution in [0.1, 0.15) is 10.4 Å². The zero-order valence-corrected chi connectivity index (χ0v) is 15.7. The molecule has 0 spiro atoms. The number of hydrogen-bond acceptors (Lipinski definition) is 7. The minimum atomic E-state index is -0.186. The van der Waals surface area contributed by atoms with Gasteiger partial charge in [0.25, 0.3) is 5.91 Å². The fourth-order valence-electron chi connectivity index (χ4n) is 2.87. The van der Waals surface area contributed by atoms with Gasteiger partial charge < -0.3 is 15.6 Å². The molecular weight excluding hydrogens is 368 g/mol. The number of rotatable bonds is 5. The standard InChI is InChI=1S/C14H16N8O.C6H4/c1-16-13(23)8-4-2-3-5-10(8)18-12-9-6-7-17-11(9)19-14(20-12)21-22-15;1-2-6-4-3-5(1)6/h2-7,22H,15H2,1H3,(H,16,23)(H3,17,18,19,20,21);1-4H.